The molecule has 2 saturated carbocycles. The third kappa shape index (κ3) is 18.4. The minimum absolute atomic E-state index is 0.0948. The maximum atomic E-state index is 13.2. The van der Waals surface area contributed by atoms with Gasteiger partial charge in [-0.3, -0.25) is 0 Å². The van der Waals surface area contributed by atoms with E-state index in [2.05, 4.69) is 66.1 Å². The van der Waals surface area contributed by atoms with Gasteiger partial charge in [-0.15, -0.1) is 0 Å². The van der Waals surface area contributed by atoms with Gasteiger partial charge in [-0.1, -0.05) is 41.5 Å². The predicted octanol–water partition coefficient (Wildman–Crippen LogP) is 13.7. The van der Waals surface area contributed by atoms with Crippen molar-refractivity contribution < 1.29 is 78.7 Å². The second-order valence-electron chi connectivity index (χ2n) is 18.9. The van der Waals surface area contributed by atoms with Gasteiger partial charge in [-0.05, 0) is 151 Å². The van der Waals surface area contributed by atoms with E-state index in [-0.39, 0.29) is 43.0 Å². The third-order valence-electron chi connectivity index (χ3n) is 13.4. The number of halogens is 9. The van der Waals surface area contributed by atoms with Crippen molar-refractivity contribution in [2.24, 2.45) is 23.2 Å². The lowest BCUT2D eigenvalue weighted by molar-refractivity contribution is -0.457. The Kier molecular flexibility index (Phi) is 26.5. The first kappa shape index (κ1) is 60.6. The fourth-order valence-electron chi connectivity index (χ4n) is 10.2. The number of fused-ring (bicyclic) bond motifs is 5. The largest absolute Gasteiger partial charge is 0.494 e. The summed E-state index contributed by atoms with van der Waals surface area (Å²) >= 11 is 0. The average molecular weight is 1090 g/mol. The van der Waals surface area contributed by atoms with E-state index in [1.165, 1.54) is 18.2 Å². The van der Waals surface area contributed by atoms with Crippen LogP contribution in [-0.2, 0) is 34.4 Å². The molecule has 71 heavy (non-hydrogen) atoms. The van der Waals surface area contributed by atoms with Gasteiger partial charge in [0, 0.05) is 51.9 Å². The van der Waals surface area contributed by atoms with Crippen LogP contribution in [0.1, 0.15) is 124 Å². The smallest absolute Gasteiger partial charge is 0.435 e. The lowest BCUT2D eigenvalue weighted by atomic mass is 9.55. The van der Waals surface area contributed by atoms with E-state index >= 15 is 0 Å². The minimum atomic E-state index is -6.75. The van der Waals surface area contributed by atoms with E-state index in [9.17, 15) is 39.5 Å². The molecule has 10 nitrogen and oxygen atoms in total. The van der Waals surface area contributed by atoms with Crippen LogP contribution in [0.2, 0.25) is 0 Å². The standard InChI is InChI=1S/C48H74F9N2O7PS2.CH4O/c1-34(2)59(35(3)4)67(65-27-21-58-7)66-33-36(5)12-10-23-61-29-31-69-68-30-28-60-22-8-9-24-62-38-14-16-39-37(32-38)13-15-41-40(39)19-20-44(6)42(41)17-18-43(44)63-25-11-26-64-45(46(49,50)51,47(52,53)54)48(55,56)57;1-2/h14,16,32,34-36,40-43H,8-13,15,17-31,33H2,1-6H3;2H,1H3/i5D;2T. The Balaban J connectivity index is 0.00000457. The van der Waals surface area contributed by atoms with Gasteiger partial charge in [0.15, 0.2) is 0 Å². The molecule has 3 aliphatic rings. The van der Waals surface area contributed by atoms with E-state index in [1.807, 2.05) is 6.07 Å². The number of aliphatic hydroxyl groups excluding tert-OH is 1. The van der Waals surface area contributed by atoms with Crippen molar-refractivity contribution in [3.05, 3.63) is 40.7 Å². The number of unbranched alkanes of at least 4 members (excludes halogenated alkanes) is 1. The van der Waals surface area contributed by atoms with E-state index in [0.29, 0.717) is 77.0 Å². The SMILES string of the molecule is [2H]CC(CCCOCCSSCCOCCCCOc1ccc2c(c1)CCC1C2CCC2(C)C(OCCCOC(C(F)(F)F)(C(F)(F)F)C(F)(F)F)CCC12)COP(OCC[N+]#[C-])N(C(C)C)C(C)C.[3H]OC. The zero-order chi connectivity index (χ0) is 54.3. The highest BCUT2D eigenvalue weighted by Gasteiger charge is 2.85. The third-order valence-corrected chi connectivity index (χ3v) is 17.8. The fraction of sp³-hybridized carbons (Fsp3) is 0.857. The molecule has 7 atom stereocenters. The quantitative estimate of drug-likeness (QED) is 0.0246. The maximum absolute atomic E-state index is 13.2. The number of ether oxygens (including phenoxy) is 5. The summed E-state index contributed by atoms with van der Waals surface area (Å²) in [6.07, 6.45) is -12.6. The number of rotatable bonds is 32. The molecule has 2 fully saturated rings. The van der Waals surface area contributed by atoms with Crippen LogP contribution < -0.4 is 4.74 Å². The predicted molar refractivity (Wildman–Crippen MR) is 262 cm³/mol. The second kappa shape index (κ2) is 31.0. The summed E-state index contributed by atoms with van der Waals surface area (Å²) in [4.78, 5) is 3.39. The number of aliphatic hydroxyl groups is 1. The number of hydrogen-bond acceptors (Lipinski definition) is 11. The molecule has 0 heterocycles. The maximum Gasteiger partial charge on any atom is 0.435 e. The van der Waals surface area contributed by atoms with Gasteiger partial charge < -0.3 is 42.7 Å². The summed E-state index contributed by atoms with van der Waals surface area (Å²) < 4.78 is 175. The zero-order valence-corrected chi connectivity index (χ0v) is 44.6. The molecule has 0 aromatic heterocycles. The van der Waals surface area contributed by atoms with Crippen LogP contribution in [0.4, 0.5) is 39.5 Å². The summed E-state index contributed by atoms with van der Waals surface area (Å²) in [7, 11) is 3.53. The van der Waals surface area contributed by atoms with E-state index < -0.39 is 45.7 Å². The molecular formula is C49H78F9N2O8PS2. The van der Waals surface area contributed by atoms with Gasteiger partial charge in [-0.2, -0.15) is 39.5 Å². The first-order valence-corrected chi connectivity index (χ1v) is 28.2. The molecule has 1 aromatic rings. The van der Waals surface area contributed by atoms with Crippen molar-refractivity contribution in [1.82, 2.24) is 4.67 Å². The molecule has 3 aliphatic carbocycles. The van der Waals surface area contributed by atoms with Crippen molar-refractivity contribution in [2.45, 2.75) is 160 Å². The van der Waals surface area contributed by atoms with Crippen molar-refractivity contribution >= 4 is 30.1 Å². The lowest BCUT2D eigenvalue weighted by Crippen LogP contribution is -2.67. The van der Waals surface area contributed by atoms with Crippen molar-refractivity contribution in [1.29, 1.82) is 1.43 Å². The van der Waals surface area contributed by atoms with E-state index in [1.54, 1.807) is 21.6 Å². The summed E-state index contributed by atoms with van der Waals surface area (Å²) in [5.74, 6) is 3.71. The minimum Gasteiger partial charge on any atom is -0.494 e. The van der Waals surface area contributed by atoms with Gasteiger partial charge in [0.05, 0.1) is 39.1 Å². The van der Waals surface area contributed by atoms with Crippen molar-refractivity contribution in [2.75, 3.05) is 84.6 Å². The van der Waals surface area contributed by atoms with Gasteiger partial charge >= 0.3 is 24.1 Å². The highest BCUT2D eigenvalue weighted by atomic mass is 33.1. The summed E-state index contributed by atoms with van der Waals surface area (Å²) in [6.45, 7) is 20.4. The lowest BCUT2D eigenvalue weighted by Gasteiger charge is -2.50. The molecule has 7 unspecified atom stereocenters. The molecule has 22 heteroatoms. The van der Waals surface area contributed by atoms with Crippen LogP contribution in [0.3, 0.4) is 0 Å². The fourth-order valence-corrected chi connectivity index (χ4v) is 13.5. The van der Waals surface area contributed by atoms with Crippen LogP contribution in [0, 0.1) is 29.7 Å². The number of alkyl halides is 9. The second-order valence-corrected chi connectivity index (χ2v) is 23.0. The molecule has 1 aromatic carbocycles. The molecule has 0 saturated heterocycles. The van der Waals surface area contributed by atoms with E-state index in [4.69, 9.17) is 37.4 Å². The normalized spacial score (nSPS) is 22.8. The molecular weight excluding hydrogens is 1010 g/mol. The Morgan fingerprint density at radius 2 is 1.48 bits per heavy atom. The van der Waals surface area contributed by atoms with Gasteiger partial charge in [-0.25, -0.2) is 11.2 Å². The zero-order valence-electron chi connectivity index (χ0n) is 44.1. The Hall–Kier alpha value is -1.31. The monoisotopic (exact) mass is 1090 g/mol. The molecule has 0 radical (unpaired) electrons. The number of aryl methyl sites for hydroxylation is 1. The first-order chi connectivity index (χ1) is 34.5. The number of benzene rings is 1. The highest BCUT2D eigenvalue weighted by Crippen LogP contribution is 2.62. The van der Waals surface area contributed by atoms with Gasteiger partial charge in [0.1, 0.15) is 12.4 Å². The first-order valence-electron chi connectivity index (χ1n) is 25.7. The molecule has 0 bridgehead atoms. The Bertz CT molecular complexity index is 1700. The van der Waals surface area contributed by atoms with Crippen LogP contribution in [-0.4, -0.2) is 138 Å². The summed E-state index contributed by atoms with van der Waals surface area (Å²) in [5, 5.41) is 3.50. The van der Waals surface area contributed by atoms with Crippen molar-refractivity contribution in [3.8, 4) is 5.75 Å². The molecule has 0 spiro atoms. The van der Waals surface area contributed by atoms with Crippen LogP contribution in [0.25, 0.3) is 4.85 Å². The summed E-state index contributed by atoms with van der Waals surface area (Å²) in [6, 6.07) is 6.79. The average Bonchev–Trinajstić information content (AvgIpc) is 3.65. The molecule has 412 valence electrons. The molecule has 0 aliphatic heterocycles. The highest BCUT2D eigenvalue weighted by molar-refractivity contribution is 8.76. The molecule has 4 rings (SSSR count). The van der Waals surface area contributed by atoms with Crippen LogP contribution in [0.5, 0.6) is 5.75 Å². The molecule has 0 amide bonds. The Morgan fingerprint density at radius 1 is 0.845 bits per heavy atom. The van der Waals surface area contributed by atoms with Gasteiger partial charge in [0.25, 0.3) is 8.53 Å². The molecule has 1 N–H and O–H groups in total. The number of hydrogen-bond donors (Lipinski definition) is 1. The van der Waals surface area contributed by atoms with Crippen LogP contribution in [0.15, 0.2) is 18.2 Å². The Morgan fingerprint density at radius 3 is 2.08 bits per heavy atom. The summed E-state index contributed by atoms with van der Waals surface area (Å²) in [5.41, 5.74) is -3.95. The van der Waals surface area contributed by atoms with Crippen molar-refractivity contribution in [3.63, 3.8) is 0 Å². The van der Waals surface area contributed by atoms with E-state index in [0.717, 1.165) is 75.0 Å². The number of nitrogens with zero attached hydrogens (tertiary/aromatic N) is 2. The van der Waals surface area contributed by atoms with Crippen LogP contribution >= 0.6 is 30.1 Å². The topological polar surface area (TPSA) is 92.4 Å². The van der Waals surface area contributed by atoms with Gasteiger partial charge in [0.2, 0.25) is 7.98 Å². The Labute approximate surface area is 428 Å².